The summed E-state index contributed by atoms with van der Waals surface area (Å²) in [6.45, 7) is 2.86. The van der Waals surface area contributed by atoms with Crippen LogP contribution in [0.25, 0.3) is 10.8 Å². The number of rotatable bonds is 6. The first-order valence-corrected chi connectivity index (χ1v) is 10.4. The van der Waals surface area contributed by atoms with Gasteiger partial charge >= 0.3 is 5.97 Å². The lowest BCUT2D eigenvalue weighted by Gasteiger charge is -2.16. The van der Waals surface area contributed by atoms with E-state index in [1.165, 1.54) is 0 Å². The zero-order valence-corrected chi connectivity index (χ0v) is 17.3. The van der Waals surface area contributed by atoms with E-state index in [4.69, 9.17) is 4.74 Å². The van der Waals surface area contributed by atoms with Gasteiger partial charge in [0.25, 0.3) is 5.91 Å². The second-order valence-electron chi connectivity index (χ2n) is 7.68. The van der Waals surface area contributed by atoms with Crippen LogP contribution in [-0.4, -0.2) is 35.3 Å². The average molecular weight is 416 g/mol. The van der Waals surface area contributed by atoms with Crippen molar-refractivity contribution < 1.29 is 19.1 Å². The van der Waals surface area contributed by atoms with Gasteiger partial charge in [-0.15, -0.1) is 0 Å². The standard InChI is InChI=1S/C25H24N2O4/c1-17(24(29)26-22-9-4-7-19-6-2-3-8-21(19)22)31-25(30)20-13-11-18(12-14-20)16-27-15-5-10-23(27)28/h2-4,6-9,11-14,17H,5,10,15-16H2,1H3,(H,26,29)/t17-/m1/s1. The van der Waals surface area contributed by atoms with Crippen LogP contribution in [0.3, 0.4) is 0 Å². The molecule has 1 heterocycles. The molecule has 0 spiro atoms. The summed E-state index contributed by atoms with van der Waals surface area (Å²) in [5, 5.41) is 4.78. The van der Waals surface area contributed by atoms with Gasteiger partial charge in [-0.3, -0.25) is 9.59 Å². The molecule has 0 aliphatic carbocycles. The predicted octanol–water partition coefficient (Wildman–Crippen LogP) is 4.15. The quantitative estimate of drug-likeness (QED) is 0.613. The van der Waals surface area contributed by atoms with Gasteiger partial charge in [0.15, 0.2) is 6.10 Å². The Bertz CT molecular complexity index is 1120. The molecule has 0 radical (unpaired) electrons. The van der Waals surface area contributed by atoms with Crippen molar-refractivity contribution in [2.45, 2.75) is 32.4 Å². The molecule has 3 aromatic rings. The van der Waals surface area contributed by atoms with Crippen molar-refractivity contribution in [1.82, 2.24) is 4.90 Å². The molecule has 158 valence electrons. The molecule has 1 atom stereocenters. The predicted molar refractivity (Wildman–Crippen MR) is 119 cm³/mol. The van der Waals surface area contributed by atoms with E-state index in [0.717, 1.165) is 29.3 Å². The number of likely N-dealkylation sites (tertiary alicyclic amines) is 1. The number of esters is 1. The fourth-order valence-electron chi connectivity index (χ4n) is 3.69. The van der Waals surface area contributed by atoms with Crippen molar-refractivity contribution in [3.8, 4) is 0 Å². The minimum Gasteiger partial charge on any atom is -0.449 e. The van der Waals surface area contributed by atoms with Crippen molar-refractivity contribution in [2.24, 2.45) is 0 Å². The van der Waals surface area contributed by atoms with E-state index in [2.05, 4.69) is 5.32 Å². The lowest BCUT2D eigenvalue weighted by atomic mass is 10.1. The van der Waals surface area contributed by atoms with E-state index < -0.39 is 18.0 Å². The van der Waals surface area contributed by atoms with E-state index in [9.17, 15) is 14.4 Å². The Kier molecular flexibility index (Phi) is 5.98. The Labute approximate surface area is 180 Å². The van der Waals surface area contributed by atoms with Gasteiger partial charge in [0.2, 0.25) is 5.91 Å². The first-order chi connectivity index (χ1) is 15.0. The van der Waals surface area contributed by atoms with Crippen LogP contribution in [0.5, 0.6) is 0 Å². The molecule has 0 aromatic heterocycles. The van der Waals surface area contributed by atoms with Gasteiger partial charge in [-0.05, 0) is 42.5 Å². The largest absolute Gasteiger partial charge is 0.449 e. The molecule has 1 N–H and O–H groups in total. The second kappa shape index (κ2) is 9.00. The molecule has 0 bridgehead atoms. The molecule has 31 heavy (non-hydrogen) atoms. The molecule has 6 nitrogen and oxygen atoms in total. The minimum atomic E-state index is -0.951. The van der Waals surface area contributed by atoms with Crippen LogP contribution < -0.4 is 5.32 Å². The van der Waals surface area contributed by atoms with E-state index in [1.54, 1.807) is 19.1 Å². The van der Waals surface area contributed by atoms with Crippen molar-refractivity contribution in [1.29, 1.82) is 0 Å². The highest BCUT2D eigenvalue weighted by Gasteiger charge is 2.21. The fraction of sp³-hybridized carbons (Fsp3) is 0.240. The van der Waals surface area contributed by atoms with Crippen LogP contribution in [0, 0.1) is 0 Å². The summed E-state index contributed by atoms with van der Waals surface area (Å²) in [5.74, 6) is -0.798. The van der Waals surface area contributed by atoms with E-state index in [0.29, 0.717) is 24.2 Å². The monoisotopic (exact) mass is 416 g/mol. The number of amides is 2. The Hall–Kier alpha value is -3.67. The Morgan fingerprint density at radius 2 is 1.77 bits per heavy atom. The summed E-state index contributed by atoms with van der Waals surface area (Å²) >= 11 is 0. The van der Waals surface area contributed by atoms with Crippen molar-refractivity contribution >= 4 is 34.2 Å². The van der Waals surface area contributed by atoms with Crippen molar-refractivity contribution in [2.75, 3.05) is 11.9 Å². The molecule has 3 aromatic carbocycles. The Morgan fingerprint density at radius 1 is 1.03 bits per heavy atom. The van der Waals surface area contributed by atoms with E-state index in [1.807, 2.05) is 59.5 Å². The number of hydrogen-bond donors (Lipinski definition) is 1. The Balaban J connectivity index is 1.36. The molecule has 0 unspecified atom stereocenters. The van der Waals surface area contributed by atoms with Crippen LogP contribution >= 0.6 is 0 Å². The fourth-order valence-corrected chi connectivity index (χ4v) is 3.69. The summed E-state index contributed by atoms with van der Waals surface area (Å²) in [4.78, 5) is 38.6. The number of carbonyl (C=O) groups excluding carboxylic acids is 3. The van der Waals surface area contributed by atoms with Gasteiger partial charge in [-0.25, -0.2) is 4.79 Å². The average Bonchev–Trinajstić information content (AvgIpc) is 3.18. The highest BCUT2D eigenvalue weighted by atomic mass is 16.5. The molecule has 6 heteroatoms. The first-order valence-electron chi connectivity index (χ1n) is 10.4. The highest BCUT2D eigenvalue weighted by molar-refractivity contribution is 6.04. The maximum Gasteiger partial charge on any atom is 0.338 e. The molecule has 2 amide bonds. The van der Waals surface area contributed by atoms with E-state index in [-0.39, 0.29) is 5.91 Å². The molecule has 1 aliphatic heterocycles. The SMILES string of the molecule is C[C@@H](OC(=O)c1ccc(CN2CCCC2=O)cc1)C(=O)Nc1cccc2ccccc12. The lowest BCUT2D eigenvalue weighted by molar-refractivity contribution is -0.128. The molecular formula is C25H24N2O4. The zero-order valence-electron chi connectivity index (χ0n) is 17.3. The molecular weight excluding hydrogens is 392 g/mol. The van der Waals surface area contributed by atoms with E-state index >= 15 is 0 Å². The van der Waals surface area contributed by atoms with Crippen LogP contribution in [0.4, 0.5) is 5.69 Å². The summed E-state index contributed by atoms with van der Waals surface area (Å²) in [6, 6.07) is 20.3. The maximum absolute atomic E-state index is 12.6. The summed E-state index contributed by atoms with van der Waals surface area (Å²) in [5.41, 5.74) is 1.99. The summed E-state index contributed by atoms with van der Waals surface area (Å²) < 4.78 is 5.36. The molecule has 1 saturated heterocycles. The minimum absolute atomic E-state index is 0.162. The third-order valence-corrected chi connectivity index (χ3v) is 5.43. The third kappa shape index (κ3) is 4.74. The number of carbonyl (C=O) groups is 3. The number of nitrogens with one attached hydrogen (secondary N) is 1. The first kappa shape index (κ1) is 20.6. The third-order valence-electron chi connectivity index (χ3n) is 5.43. The number of hydrogen-bond acceptors (Lipinski definition) is 4. The summed E-state index contributed by atoms with van der Waals surface area (Å²) in [7, 11) is 0. The van der Waals surface area contributed by atoms with Gasteiger partial charge in [-0.1, -0.05) is 48.5 Å². The van der Waals surface area contributed by atoms with Crippen LogP contribution in [0.2, 0.25) is 0 Å². The molecule has 0 saturated carbocycles. The number of nitrogens with zero attached hydrogens (tertiary/aromatic N) is 1. The number of benzene rings is 3. The topological polar surface area (TPSA) is 75.7 Å². The Morgan fingerprint density at radius 3 is 2.52 bits per heavy atom. The molecule has 1 fully saturated rings. The zero-order chi connectivity index (χ0) is 21.8. The second-order valence-corrected chi connectivity index (χ2v) is 7.68. The van der Waals surface area contributed by atoms with Crippen molar-refractivity contribution in [3.63, 3.8) is 0 Å². The van der Waals surface area contributed by atoms with Gasteiger partial charge in [0, 0.05) is 30.6 Å². The highest BCUT2D eigenvalue weighted by Crippen LogP contribution is 2.23. The lowest BCUT2D eigenvalue weighted by Crippen LogP contribution is -2.30. The number of anilines is 1. The number of ether oxygens (including phenoxy) is 1. The van der Waals surface area contributed by atoms with Crippen molar-refractivity contribution in [3.05, 3.63) is 77.9 Å². The van der Waals surface area contributed by atoms with Crippen LogP contribution in [0.1, 0.15) is 35.7 Å². The number of fused-ring (bicyclic) bond motifs is 1. The molecule has 1 aliphatic rings. The van der Waals surface area contributed by atoms with Crippen LogP contribution in [0.15, 0.2) is 66.7 Å². The normalized spacial score (nSPS) is 14.5. The van der Waals surface area contributed by atoms with Crippen LogP contribution in [-0.2, 0) is 20.9 Å². The molecule has 4 rings (SSSR count). The van der Waals surface area contributed by atoms with Gasteiger partial charge in [0.1, 0.15) is 0 Å². The maximum atomic E-state index is 12.6. The van der Waals surface area contributed by atoms with Gasteiger partial charge in [0.05, 0.1) is 5.56 Å². The van der Waals surface area contributed by atoms with Gasteiger partial charge < -0.3 is 15.0 Å². The van der Waals surface area contributed by atoms with Gasteiger partial charge in [-0.2, -0.15) is 0 Å². The smallest absolute Gasteiger partial charge is 0.338 e. The summed E-state index contributed by atoms with van der Waals surface area (Å²) in [6.07, 6.45) is 0.541.